The predicted octanol–water partition coefficient (Wildman–Crippen LogP) is 9.74. The number of nitriles is 6. The van der Waals surface area contributed by atoms with Crippen molar-refractivity contribution in [3.63, 3.8) is 0 Å². The van der Waals surface area contributed by atoms with Crippen LogP contribution in [0.3, 0.4) is 0 Å². The molecule has 0 fully saturated rings. The highest BCUT2D eigenvalue weighted by Gasteiger charge is 2.51. The Balaban J connectivity index is 2.10. The van der Waals surface area contributed by atoms with Crippen molar-refractivity contribution in [1.29, 1.82) is 31.6 Å². The van der Waals surface area contributed by atoms with Gasteiger partial charge in [0.05, 0.1) is 22.3 Å². The molecule has 0 N–H and O–H groups in total. The van der Waals surface area contributed by atoms with Gasteiger partial charge >= 0.3 is 24.7 Å². The van der Waals surface area contributed by atoms with Crippen molar-refractivity contribution in [3.05, 3.63) is 102 Å². The van der Waals surface area contributed by atoms with Crippen molar-refractivity contribution in [1.82, 2.24) is 9.97 Å². The molecule has 25 heteroatoms. The first-order valence-corrected chi connectivity index (χ1v) is 14.5. The number of alkyl halides is 12. The Labute approximate surface area is 313 Å². The number of rotatable bonds is 2. The lowest BCUT2D eigenvalue weighted by molar-refractivity contribution is -0.155. The standard InChI is InChI=1S/C34HF17N8/c35-22-16-11(14(8(2-52)3-53)18(13(16)7-57)21-25(38)29(33(46,47)48)59-30(26(21)39)34(49,50)51)1-10-12(6-56)17(15(19(10)22)9(4-54)5-55)20-23(36)27(31(40,41)42)58-28(24(20)37)32(43,44)45/h1H. The maximum absolute atomic E-state index is 17.1. The summed E-state index contributed by atoms with van der Waals surface area (Å²) in [7, 11) is 0. The lowest BCUT2D eigenvalue weighted by atomic mass is 9.89. The molecule has 0 amide bonds. The van der Waals surface area contributed by atoms with E-state index in [4.69, 9.17) is 0 Å². The van der Waals surface area contributed by atoms with Gasteiger partial charge in [-0.05, 0) is 11.6 Å². The number of halogens is 17. The number of aromatic nitrogens is 2. The molecule has 0 radical (unpaired) electrons. The Morgan fingerprint density at radius 3 is 1.03 bits per heavy atom. The first-order valence-electron chi connectivity index (χ1n) is 14.5. The van der Waals surface area contributed by atoms with Gasteiger partial charge in [0.2, 0.25) is 0 Å². The lowest BCUT2D eigenvalue weighted by Crippen LogP contribution is -2.21. The predicted molar refractivity (Wildman–Crippen MR) is 156 cm³/mol. The molecule has 0 bridgehead atoms. The Hall–Kier alpha value is -7.77. The van der Waals surface area contributed by atoms with Gasteiger partial charge in [0, 0.05) is 39.0 Å². The van der Waals surface area contributed by atoms with Crippen LogP contribution in [-0.4, -0.2) is 9.97 Å². The normalized spacial score (nSPS) is 13.9. The topological polar surface area (TPSA) is 169 Å². The van der Waals surface area contributed by atoms with E-state index in [1.54, 1.807) is 0 Å². The molecule has 0 saturated heterocycles. The number of benzene rings is 1. The highest BCUT2D eigenvalue weighted by Crippen LogP contribution is 2.58. The van der Waals surface area contributed by atoms with Crippen LogP contribution in [0.25, 0.3) is 33.4 Å². The molecule has 2 aliphatic rings. The molecule has 2 aliphatic carbocycles. The average molecular weight is 844 g/mol. The lowest BCUT2D eigenvalue weighted by Gasteiger charge is -2.18. The van der Waals surface area contributed by atoms with Crippen molar-refractivity contribution in [2.24, 2.45) is 0 Å². The van der Waals surface area contributed by atoms with Crippen molar-refractivity contribution in [3.8, 4) is 36.4 Å². The summed E-state index contributed by atoms with van der Waals surface area (Å²) in [5.74, 6) is -14.5. The van der Waals surface area contributed by atoms with E-state index < -0.39 is 155 Å². The minimum atomic E-state index is -6.21. The zero-order chi connectivity index (χ0) is 44.6. The zero-order valence-electron chi connectivity index (χ0n) is 27.1. The summed E-state index contributed by atoms with van der Waals surface area (Å²) in [6, 6.07) is 6.15. The van der Waals surface area contributed by atoms with Crippen LogP contribution in [0.1, 0.15) is 56.2 Å². The fourth-order valence-corrected chi connectivity index (χ4v) is 6.09. The van der Waals surface area contributed by atoms with Crippen molar-refractivity contribution < 1.29 is 74.6 Å². The first-order chi connectivity index (χ1) is 27.2. The quantitative estimate of drug-likeness (QED) is 0.181. The van der Waals surface area contributed by atoms with Crippen LogP contribution in [0.15, 0.2) is 17.2 Å². The van der Waals surface area contributed by atoms with Crippen LogP contribution < -0.4 is 0 Å². The maximum Gasteiger partial charge on any atom is 0.436 e. The van der Waals surface area contributed by atoms with Crippen LogP contribution in [0.5, 0.6) is 0 Å². The number of hydrogen-bond donors (Lipinski definition) is 0. The summed E-state index contributed by atoms with van der Waals surface area (Å²) in [6.07, 6.45) is -24.8. The van der Waals surface area contributed by atoms with Crippen LogP contribution in [-0.2, 0) is 24.7 Å². The number of fused-ring (bicyclic) bond motifs is 2. The molecule has 296 valence electrons. The first kappa shape index (κ1) is 42.4. The summed E-state index contributed by atoms with van der Waals surface area (Å²) in [6.45, 7) is 0. The fourth-order valence-electron chi connectivity index (χ4n) is 6.09. The fraction of sp³-hybridized carbons (Fsp3) is 0.118. The van der Waals surface area contributed by atoms with E-state index in [9.17, 15) is 84.3 Å². The molecule has 0 aliphatic heterocycles. The SMILES string of the molecule is N#CC(C#N)=C1C(c2c(F)c(C(F)(F)F)nc(C(F)(F)F)c2F)=C(C#N)c2c1cc1c(c2F)C(=C(C#N)C#N)C(c2c(F)c(C(F)(F)F)nc(C(F)(F)F)c2F)=C1C#N. The minimum Gasteiger partial charge on any atom is -0.233 e. The number of nitrogens with zero attached hydrogens (tertiary/aromatic N) is 8. The molecular formula is C34HF17N8. The van der Waals surface area contributed by atoms with Gasteiger partial charge in [-0.2, -0.15) is 84.3 Å². The van der Waals surface area contributed by atoms with Crippen molar-refractivity contribution in [2.75, 3.05) is 0 Å². The van der Waals surface area contributed by atoms with Gasteiger partial charge in [-0.3, -0.25) is 0 Å². The number of allylic oxidation sites excluding steroid dienone is 8. The van der Waals surface area contributed by atoms with Gasteiger partial charge in [0.15, 0.2) is 46.0 Å². The van der Waals surface area contributed by atoms with Crippen LogP contribution in [0.2, 0.25) is 0 Å². The number of hydrogen-bond acceptors (Lipinski definition) is 8. The summed E-state index contributed by atoms with van der Waals surface area (Å²) in [5.41, 5.74) is -37.3. The zero-order valence-corrected chi connectivity index (χ0v) is 27.1. The Bertz CT molecular complexity index is 2770. The van der Waals surface area contributed by atoms with Gasteiger partial charge in [-0.25, -0.2) is 31.9 Å². The molecule has 59 heavy (non-hydrogen) atoms. The largest absolute Gasteiger partial charge is 0.436 e. The molecule has 5 rings (SSSR count). The molecular weight excluding hydrogens is 843 g/mol. The van der Waals surface area contributed by atoms with Gasteiger partial charge in [-0.1, -0.05) is 0 Å². The maximum atomic E-state index is 17.1. The molecule has 0 atom stereocenters. The molecule has 0 saturated carbocycles. The van der Waals surface area contributed by atoms with Gasteiger partial charge in [0.1, 0.15) is 53.4 Å². The summed E-state index contributed by atoms with van der Waals surface area (Å²) >= 11 is 0. The Kier molecular flexibility index (Phi) is 9.85. The molecule has 2 heterocycles. The number of pyridine rings is 2. The van der Waals surface area contributed by atoms with E-state index in [1.165, 1.54) is 0 Å². The second kappa shape index (κ2) is 13.7. The monoisotopic (exact) mass is 844 g/mol. The van der Waals surface area contributed by atoms with Gasteiger partial charge in [0.25, 0.3) is 0 Å². The smallest absolute Gasteiger partial charge is 0.233 e. The van der Waals surface area contributed by atoms with Crippen LogP contribution in [0.4, 0.5) is 74.6 Å². The Morgan fingerprint density at radius 2 is 0.729 bits per heavy atom. The highest BCUT2D eigenvalue weighted by molar-refractivity contribution is 6.30. The molecule has 8 nitrogen and oxygen atoms in total. The molecule has 0 unspecified atom stereocenters. The third-order valence-electron chi connectivity index (χ3n) is 8.21. The van der Waals surface area contributed by atoms with Gasteiger partial charge < -0.3 is 0 Å². The minimum absolute atomic E-state index is 0.165. The molecule has 1 aromatic carbocycles. The highest BCUT2D eigenvalue weighted by atomic mass is 19.4. The summed E-state index contributed by atoms with van der Waals surface area (Å²) < 4.78 is 246. The van der Waals surface area contributed by atoms with Crippen molar-refractivity contribution >= 4 is 33.4 Å². The van der Waals surface area contributed by atoms with Crippen LogP contribution in [0, 0.1) is 97.1 Å². The second-order valence-corrected chi connectivity index (χ2v) is 11.3. The van der Waals surface area contributed by atoms with E-state index in [0.29, 0.717) is 0 Å². The average Bonchev–Trinajstić information content (AvgIpc) is 3.60. The third-order valence-corrected chi connectivity index (χ3v) is 8.21. The van der Waals surface area contributed by atoms with E-state index in [1.807, 2.05) is 9.97 Å². The third kappa shape index (κ3) is 6.30. The Morgan fingerprint density at radius 1 is 0.407 bits per heavy atom. The van der Waals surface area contributed by atoms with E-state index >= 15 is 22.0 Å². The van der Waals surface area contributed by atoms with Crippen LogP contribution >= 0.6 is 0 Å². The summed E-state index contributed by atoms with van der Waals surface area (Å²) in [5, 5.41) is 59.1. The van der Waals surface area contributed by atoms with E-state index in [0.717, 1.165) is 36.4 Å². The van der Waals surface area contributed by atoms with E-state index in [2.05, 4.69) is 0 Å². The molecule has 3 aromatic rings. The van der Waals surface area contributed by atoms with Crippen molar-refractivity contribution in [2.45, 2.75) is 24.7 Å². The molecule has 2 aromatic heterocycles. The second-order valence-electron chi connectivity index (χ2n) is 11.3. The summed E-state index contributed by atoms with van der Waals surface area (Å²) in [4.78, 5) is 3.89. The van der Waals surface area contributed by atoms with Gasteiger partial charge in [-0.15, -0.1) is 0 Å². The molecule has 0 spiro atoms. The van der Waals surface area contributed by atoms with E-state index in [-0.39, 0.29) is 6.07 Å².